The number of aliphatic hydroxyl groups excluding tert-OH is 1. The molecule has 3 rings (SSSR count). The molecule has 1 atom stereocenters. The molecular weight excluding hydrogens is 472 g/mol. The lowest BCUT2D eigenvalue weighted by molar-refractivity contribution is -0.104. The molecular formula is C26H37ClN2O4S. The number of carbonyl (C=O) groups excluding carboxylic acids is 1. The minimum Gasteiger partial charge on any atom is -0.400 e. The number of nitrogens with zero attached hydrogens (tertiary/aromatic N) is 2. The maximum absolute atomic E-state index is 12.0. The maximum Gasteiger partial charge on any atom is 0.211 e. The standard InChI is InChI=1S/C23H27ClN2O3S.C2H6.CH4O/c1-17-6-3-4-12-25-23(17)22(18-10-13-26(14-11-18)30(2,28)29)21-9-8-20(24)16-19(21)7-5-15-27;2*1-2/h4-9,12,15-16,18,22H,3,10-11,13-14H2,1-2H3;1-2H3;2H,1H3/b7-5+;;. The highest BCUT2D eigenvalue weighted by atomic mass is 35.5. The lowest BCUT2D eigenvalue weighted by atomic mass is 9.74. The molecule has 1 aromatic rings. The molecule has 1 fully saturated rings. The first kappa shape index (κ1) is 30.0. The van der Waals surface area contributed by atoms with Crippen molar-refractivity contribution in [3.05, 3.63) is 64.3 Å². The van der Waals surface area contributed by atoms with Gasteiger partial charge in [0.1, 0.15) is 6.29 Å². The van der Waals surface area contributed by atoms with E-state index >= 15 is 0 Å². The average Bonchev–Trinajstić information content (AvgIpc) is 3.05. The molecule has 0 radical (unpaired) electrons. The van der Waals surface area contributed by atoms with E-state index < -0.39 is 10.0 Å². The SMILES string of the molecule is CC.CC1=CCC=CN=C1C(c1ccc(Cl)cc1/C=C/C=O)C1CCN(S(C)(=O)=O)CC1.CO. The summed E-state index contributed by atoms with van der Waals surface area (Å²) in [6.45, 7) is 7.07. The van der Waals surface area contributed by atoms with Gasteiger partial charge in [-0.05, 0) is 67.0 Å². The van der Waals surface area contributed by atoms with Gasteiger partial charge in [0.25, 0.3) is 0 Å². The Morgan fingerprint density at radius 2 is 1.85 bits per heavy atom. The normalized spacial score (nSPS) is 18.0. The summed E-state index contributed by atoms with van der Waals surface area (Å²) in [5, 5.41) is 7.60. The van der Waals surface area contributed by atoms with E-state index in [9.17, 15) is 13.2 Å². The lowest BCUT2D eigenvalue weighted by Gasteiger charge is -2.36. The van der Waals surface area contributed by atoms with Crippen molar-refractivity contribution in [3.8, 4) is 0 Å². The zero-order chi connectivity index (χ0) is 25.7. The predicted molar refractivity (Wildman–Crippen MR) is 143 cm³/mol. The van der Waals surface area contributed by atoms with Gasteiger partial charge >= 0.3 is 0 Å². The molecule has 188 valence electrons. The quantitative estimate of drug-likeness (QED) is 0.420. The van der Waals surface area contributed by atoms with Crippen LogP contribution >= 0.6 is 11.6 Å². The number of benzene rings is 1. The van der Waals surface area contributed by atoms with Crippen LogP contribution in [-0.2, 0) is 14.8 Å². The molecule has 1 N–H and O–H groups in total. The minimum atomic E-state index is -3.19. The fourth-order valence-electron chi connectivity index (χ4n) is 4.25. The number of aliphatic hydroxyl groups is 1. The minimum absolute atomic E-state index is 0.0192. The Bertz CT molecular complexity index is 1020. The van der Waals surface area contributed by atoms with Crippen LogP contribution in [0.25, 0.3) is 6.08 Å². The highest BCUT2D eigenvalue weighted by Gasteiger charge is 2.34. The summed E-state index contributed by atoms with van der Waals surface area (Å²) in [7, 11) is -2.19. The second-order valence-corrected chi connectivity index (χ2v) is 10.2. The number of aliphatic imine (C=N–C) groups is 1. The molecule has 0 bridgehead atoms. The van der Waals surface area contributed by atoms with Crippen molar-refractivity contribution >= 4 is 39.7 Å². The molecule has 0 saturated carbocycles. The molecule has 1 unspecified atom stereocenters. The zero-order valence-corrected chi connectivity index (χ0v) is 22.3. The van der Waals surface area contributed by atoms with Crippen LogP contribution in [0, 0.1) is 5.92 Å². The van der Waals surface area contributed by atoms with Gasteiger partial charge in [0.2, 0.25) is 10.0 Å². The first-order valence-electron chi connectivity index (χ1n) is 11.5. The van der Waals surface area contributed by atoms with Crippen molar-refractivity contribution < 1.29 is 18.3 Å². The number of aldehydes is 1. The molecule has 2 heterocycles. The van der Waals surface area contributed by atoms with Gasteiger partial charge in [0.05, 0.1) is 12.0 Å². The van der Waals surface area contributed by atoms with Crippen LogP contribution in [0.15, 0.2) is 53.2 Å². The van der Waals surface area contributed by atoms with E-state index in [1.54, 1.807) is 10.4 Å². The predicted octanol–water partition coefficient (Wildman–Crippen LogP) is 5.25. The van der Waals surface area contributed by atoms with Gasteiger partial charge in [0, 0.05) is 37.3 Å². The van der Waals surface area contributed by atoms with E-state index in [0.29, 0.717) is 18.1 Å². The lowest BCUT2D eigenvalue weighted by Crippen LogP contribution is -2.40. The van der Waals surface area contributed by atoms with E-state index in [2.05, 4.69) is 13.0 Å². The van der Waals surface area contributed by atoms with E-state index in [4.69, 9.17) is 21.7 Å². The van der Waals surface area contributed by atoms with E-state index in [1.807, 2.05) is 44.3 Å². The second-order valence-electron chi connectivity index (χ2n) is 7.77. The number of carbonyl (C=O) groups is 1. The van der Waals surface area contributed by atoms with E-state index in [-0.39, 0.29) is 11.8 Å². The van der Waals surface area contributed by atoms with Crippen LogP contribution in [0.4, 0.5) is 0 Å². The summed E-state index contributed by atoms with van der Waals surface area (Å²) in [5.74, 6) is 0.204. The molecule has 2 aliphatic rings. The molecule has 2 aliphatic heterocycles. The third-order valence-corrected chi connectivity index (χ3v) is 7.29. The highest BCUT2D eigenvalue weighted by molar-refractivity contribution is 7.88. The summed E-state index contributed by atoms with van der Waals surface area (Å²) in [4.78, 5) is 15.7. The van der Waals surface area contributed by atoms with Gasteiger partial charge in [-0.15, -0.1) is 0 Å². The van der Waals surface area contributed by atoms with Gasteiger partial charge in [0.15, 0.2) is 0 Å². The summed E-state index contributed by atoms with van der Waals surface area (Å²) in [6.07, 6.45) is 13.6. The Labute approximate surface area is 209 Å². The first-order chi connectivity index (χ1) is 16.3. The molecule has 0 aliphatic carbocycles. The summed E-state index contributed by atoms with van der Waals surface area (Å²) < 4.78 is 25.5. The van der Waals surface area contributed by atoms with Crippen LogP contribution in [0.2, 0.25) is 5.02 Å². The van der Waals surface area contributed by atoms with Crippen molar-refractivity contribution in [2.75, 3.05) is 26.5 Å². The van der Waals surface area contributed by atoms with Gasteiger partial charge in [-0.25, -0.2) is 12.7 Å². The first-order valence-corrected chi connectivity index (χ1v) is 13.7. The van der Waals surface area contributed by atoms with Gasteiger partial charge in [-0.3, -0.25) is 9.79 Å². The smallest absolute Gasteiger partial charge is 0.211 e. The molecule has 0 aromatic heterocycles. The maximum atomic E-state index is 12.0. The Kier molecular flexibility index (Phi) is 13.3. The van der Waals surface area contributed by atoms with Crippen molar-refractivity contribution in [2.24, 2.45) is 10.9 Å². The third-order valence-electron chi connectivity index (χ3n) is 5.76. The summed E-state index contributed by atoms with van der Waals surface area (Å²) in [5.41, 5.74) is 4.05. The number of piperidine rings is 1. The summed E-state index contributed by atoms with van der Waals surface area (Å²) in [6, 6.07) is 5.73. The van der Waals surface area contributed by atoms with E-state index in [0.717, 1.165) is 55.1 Å². The molecule has 34 heavy (non-hydrogen) atoms. The van der Waals surface area contributed by atoms with Crippen LogP contribution < -0.4 is 0 Å². The molecule has 1 saturated heterocycles. The molecule has 0 spiro atoms. The van der Waals surface area contributed by atoms with Crippen LogP contribution in [0.5, 0.6) is 0 Å². The average molecular weight is 509 g/mol. The number of hydrogen-bond donors (Lipinski definition) is 1. The number of sulfonamides is 1. The fraction of sp³-hybridized carbons (Fsp3) is 0.462. The number of hydrogen-bond acceptors (Lipinski definition) is 5. The Balaban J connectivity index is 0.00000137. The second kappa shape index (κ2) is 15.0. The summed E-state index contributed by atoms with van der Waals surface area (Å²) >= 11 is 6.25. The molecule has 0 amide bonds. The van der Waals surface area contributed by atoms with Gasteiger partial charge in [-0.2, -0.15) is 0 Å². The Morgan fingerprint density at radius 1 is 1.21 bits per heavy atom. The Morgan fingerprint density at radius 3 is 2.44 bits per heavy atom. The van der Waals surface area contributed by atoms with Gasteiger partial charge < -0.3 is 5.11 Å². The fourth-order valence-corrected chi connectivity index (χ4v) is 5.31. The number of halogens is 1. The van der Waals surface area contributed by atoms with E-state index in [1.165, 1.54) is 12.3 Å². The third kappa shape index (κ3) is 8.31. The van der Waals surface area contributed by atoms with Crippen molar-refractivity contribution in [1.29, 1.82) is 0 Å². The molecule has 8 heteroatoms. The van der Waals surface area contributed by atoms with Crippen molar-refractivity contribution in [1.82, 2.24) is 4.31 Å². The van der Waals surface area contributed by atoms with Crippen LogP contribution in [0.3, 0.4) is 0 Å². The monoisotopic (exact) mass is 508 g/mol. The largest absolute Gasteiger partial charge is 0.400 e. The highest BCUT2D eigenvalue weighted by Crippen LogP contribution is 2.39. The topological polar surface area (TPSA) is 87.0 Å². The van der Waals surface area contributed by atoms with Gasteiger partial charge in [-0.1, -0.05) is 49.7 Å². The zero-order valence-electron chi connectivity index (χ0n) is 20.7. The van der Waals surface area contributed by atoms with Crippen LogP contribution in [0.1, 0.15) is 57.1 Å². The Hall–Kier alpha value is -2.06. The number of allylic oxidation sites excluding steroid dienone is 4. The van der Waals surface area contributed by atoms with Crippen LogP contribution in [-0.4, -0.2) is 56.3 Å². The molecule has 1 aromatic carbocycles. The van der Waals surface area contributed by atoms with Crippen molar-refractivity contribution in [2.45, 2.75) is 46.0 Å². The molecule has 6 nitrogen and oxygen atoms in total. The van der Waals surface area contributed by atoms with Crippen molar-refractivity contribution in [3.63, 3.8) is 0 Å². The number of rotatable bonds is 6.